The standard InChI is InChI=1S/C9H7BrClFO3/c1-14-5-3-4(9(13)15-2)8(12)6(10)7(5)11/h3H,1-2H3. The van der Waals surface area contributed by atoms with Crippen LogP contribution < -0.4 is 4.74 Å². The Balaban J connectivity index is 3.41. The van der Waals surface area contributed by atoms with Crippen LogP contribution in [0.15, 0.2) is 10.5 Å². The summed E-state index contributed by atoms with van der Waals surface area (Å²) < 4.78 is 22.8. The van der Waals surface area contributed by atoms with Crippen LogP contribution in [0.25, 0.3) is 0 Å². The molecule has 15 heavy (non-hydrogen) atoms. The first-order valence-electron chi connectivity index (χ1n) is 3.82. The molecule has 0 aromatic heterocycles. The fourth-order valence-corrected chi connectivity index (χ4v) is 1.61. The molecule has 0 aliphatic heterocycles. The zero-order chi connectivity index (χ0) is 11.6. The second-order valence-electron chi connectivity index (χ2n) is 2.56. The van der Waals surface area contributed by atoms with Crippen molar-refractivity contribution in [2.75, 3.05) is 14.2 Å². The predicted octanol–water partition coefficient (Wildman–Crippen LogP) is 3.04. The molecule has 0 unspecified atom stereocenters. The van der Waals surface area contributed by atoms with E-state index in [9.17, 15) is 9.18 Å². The highest BCUT2D eigenvalue weighted by atomic mass is 79.9. The number of hydrogen-bond donors (Lipinski definition) is 0. The second-order valence-corrected chi connectivity index (χ2v) is 3.73. The minimum Gasteiger partial charge on any atom is -0.495 e. The van der Waals surface area contributed by atoms with Gasteiger partial charge < -0.3 is 9.47 Å². The number of benzene rings is 1. The molecule has 0 amide bonds. The number of carbonyl (C=O) groups is 1. The Hall–Kier alpha value is -0.810. The van der Waals surface area contributed by atoms with E-state index in [1.54, 1.807) is 0 Å². The lowest BCUT2D eigenvalue weighted by atomic mass is 10.2. The monoisotopic (exact) mass is 296 g/mol. The first-order chi connectivity index (χ1) is 7.02. The van der Waals surface area contributed by atoms with Gasteiger partial charge >= 0.3 is 5.97 Å². The van der Waals surface area contributed by atoms with Crippen molar-refractivity contribution in [1.29, 1.82) is 0 Å². The summed E-state index contributed by atoms with van der Waals surface area (Å²) >= 11 is 8.68. The highest BCUT2D eigenvalue weighted by molar-refractivity contribution is 9.10. The van der Waals surface area contributed by atoms with Crippen molar-refractivity contribution in [3.05, 3.63) is 26.9 Å². The zero-order valence-corrected chi connectivity index (χ0v) is 10.3. The number of methoxy groups -OCH3 is 2. The molecule has 1 aromatic rings. The molecule has 0 aliphatic rings. The molecule has 0 radical (unpaired) electrons. The summed E-state index contributed by atoms with van der Waals surface area (Å²) in [6.45, 7) is 0. The zero-order valence-electron chi connectivity index (χ0n) is 7.94. The minimum absolute atomic E-state index is 0.0242. The van der Waals surface area contributed by atoms with E-state index >= 15 is 0 Å². The van der Waals surface area contributed by atoms with E-state index in [-0.39, 0.29) is 20.8 Å². The molecule has 0 saturated heterocycles. The topological polar surface area (TPSA) is 35.5 Å². The Kier molecular flexibility index (Phi) is 3.93. The van der Waals surface area contributed by atoms with Gasteiger partial charge in [0.05, 0.1) is 23.7 Å². The molecule has 0 fully saturated rings. The maximum absolute atomic E-state index is 13.5. The Morgan fingerprint density at radius 3 is 2.60 bits per heavy atom. The molecular weight excluding hydrogens is 290 g/mol. The average molecular weight is 298 g/mol. The van der Waals surface area contributed by atoms with Crippen molar-refractivity contribution < 1.29 is 18.7 Å². The Morgan fingerprint density at radius 1 is 1.53 bits per heavy atom. The van der Waals surface area contributed by atoms with Crippen LogP contribution >= 0.6 is 27.5 Å². The van der Waals surface area contributed by atoms with Crippen molar-refractivity contribution in [1.82, 2.24) is 0 Å². The van der Waals surface area contributed by atoms with Crippen molar-refractivity contribution in [2.45, 2.75) is 0 Å². The fourth-order valence-electron chi connectivity index (χ4n) is 0.988. The SMILES string of the molecule is COC(=O)c1cc(OC)c(Cl)c(Br)c1F. The number of ether oxygens (including phenoxy) is 2. The van der Waals surface area contributed by atoms with Gasteiger partial charge in [-0.3, -0.25) is 0 Å². The van der Waals surface area contributed by atoms with Gasteiger partial charge in [-0.05, 0) is 22.0 Å². The van der Waals surface area contributed by atoms with Crippen LogP contribution in [0.1, 0.15) is 10.4 Å². The molecule has 0 saturated carbocycles. The van der Waals surface area contributed by atoms with Gasteiger partial charge in [0.1, 0.15) is 11.3 Å². The molecule has 0 aliphatic carbocycles. The molecule has 0 heterocycles. The number of hydrogen-bond acceptors (Lipinski definition) is 3. The van der Waals surface area contributed by atoms with Crippen LogP contribution in [0.4, 0.5) is 4.39 Å². The van der Waals surface area contributed by atoms with E-state index in [0.29, 0.717) is 0 Å². The average Bonchev–Trinajstić information content (AvgIpc) is 2.25. The molecule has 3 nitrogen and oxygen atoms in total. The molecule has 6 heteroatoms. The van der Waals surface area contributed by atoms with Crippen molar-refractivity contribution in [2.24, 2.45) is 0 Å². The number of esters is 1. The molecule has 1 aromatic carbocycles. The number of carbonyl (C=O) groups excluding carboxylic acids is 1. The van der Waals surface area contributed by atoms with Crippen LogP contribution in [0.5, 0.6) is 5.75 Å². The Bertz CT molecular complexity index is 409. The summed E-state index contributed by atoms with van der Waals surface area (Å²) in [5.41, 5.74) is -0.231. The van der Waals surface area contributed by atoms with Gasteiger partial charge in [0.25, 0.3) is 0 Å². The molecule has 1 rings (SSSR count). The van der Waals surface area contributed by atoms with Gasteiger partial charge in [-0.2, -0.15) is 0 Å². The van der Waals surface area contributed by atoms with Crippen molar-refractivity contribution >= 4 is 33.5 Å². The molecule has 0 spiro atoms. The van der Waals surface area contributed by atoms with Crippen LogP contribution in [0, 0.1) is 5.82 Å². The first-order valence-corrected chi connectivity index (χ1v) is 4.99. The maximum Gasteiger partial charge on any atom is 0.341 e. The van der Waals surface area contributed by atoms with E-state index in [1.165, 1.54) is 13.2 Å². The third-order valence-electron chi connectivity index (χ3n) is 1.74. The van der Waals surface area contributed by atoms with E-state index in [2.05, 4.69) is 20.7 Å². The lowest BCUT2D eigenvalue weighted by molar-refractivity contribution is 0.0595. The summed E-state index contributed by atoms with van der Waals surface area (Å²) in [6.07, 6.45) is 0. The Labute approximate surface area is 99.3 Å². The normalized spacial score (nSPS) is 9.93. The van der Waals surface area contributed by atoms with Gasteiger partial charge in [0, 0.05) is 0 Å². The highest BCUT2D eigenvalue weighted by Crippen LogP contribution is 2.36. The van der Waals surface area contributed by atoms with Crippen molar-refractivity contribution in [3.8, 4) is 5.75 Å². The highest BCUT2D eigenvalue weighted by Gasteiger charge is 2.20. The minimum atomic E-state index is -0.789. The van der Waals surface area contributed by atoms with E-state index < -0.39 is 11.8 Å². The quantitative estimate of drug-likeness (QED) is 0.622. The van der Waals surface area contributed by atoms with Gasteiger partial charge in [0.2, 0.25) is 0 Å². The van der Waals surface area contributed by atoms with E-state index in [0.717, 1.165) is 7.11 Å². The van der Waals surface area contributed by atoms with Crippen LogP contribution in [-0.4, -0.2) is 20.2 Å². The molecule has 0 N–H and O–H groups in total. The lowest BCUT2D eigenvalue weighted by Crippen LogP contribution is -2.06. The number of rotatable bonds is 2. The third kappa shape index (κ3) is 2.23. The summed E-state index contributed by atoms with van der Waals surface area (Å²) in [5, 5.41) is 0.0719. The van der Waals surface area contributed by atoms with Gasteiger partial charge in [0.15, 0.2) is 5.82 Å². The summed E-state index contributed by atoms with van der Waals surface area (Å²) in [7, 11) is 2.53. The third-order valence-corrected chi connectivity index (χ3v) is 3.09. The van der Waals surface area contributed by atoms with Crippen LogP contribution in [0.3, 0.4) is 0 Å². The molecule has 0 atom stereocenters. The smallest absolute Gasteiger partial charge is 0.341 e. The first kappa shape index (κ1) is 12.3. The van der Waals surface area contributed by atoms with Crippen LogP contribution in [0.2, 0.25) is 5.02 Å². The van der Waals surface area contributed by atoms with Crippen LogP contribution in [-0.2, 0) is 4.74 Å². The van der Waals surface area contributed by atoms with Gasteiger partial charge in [-0.15, -0.1) is 0 Å². The van der Waals surface area contributed by atoms with Gasteiger partial charge in [-0.25, -0.2) is 9.18 Å². The fraction of sp³-hybridized carbons (Fsp3) is 0.222. The predicted molar refractivity (Wildman–Crippen MR) is 57.0 cm³/mol. The Morgan fingerprint density at radius 2 is 2.13 bits per heavy atom. The van der Waals surface area contributed by atoms with E-state index in [1.807, 2.05) is 0 Å². The summed E-state index contributed by atoms with van der Waals surface area (Å²) in [4.78, 5) is 11.2. The largest absolute Gasteiger partial charge is 0.495 e. The van der Waals surface area contributed by atoms with Crippen molar-refractivity contribution in [3.63, 3.8) is 0 Å². The summed E-state index contributed by atoms with van der Waals surface area (Å²) in [6, 6.07) is 1.19. The van der Waals surface area contributed by atoms with Gasteiger partial charge in [-0.1, -0.05) is 11.6 Å². The van der Waals surface area contributed by atoms with E-state index in [4.69, 9.17) is 16.3 Å². The summed E-state index contributed by atoms with van der Waals surface area (Å²) in [5.74, 6) is -1.36. The lowest BCUT2D eigenvalue weighted by Gasteiger charge is -2.09. The second kappa shape index (κ2) is 4.81. The molecule has 0 bridgehead atoms. The molecular formula is C9H7BrClFO3. The maximum atomic E-state index is 13.5. The number of halogens is 3. The molecule has 82 valence electrons.